The van der Waals surface area contributed by atoms with Crippen molar-refractivity contribution in [2.45, 2.75) is 37.9 Å². The Morgan fingerprint density at radius 3 is 2.90 bits per heavy atom. The summed E-state index contributed by atoms with van der Waals surface area (Å²) in [6, 6.07) is 0. The Bertz CT molecular complexity index is 650. The predicted octanol–water partition coefficient (Wildman–Crippen LogP) is -1.00. The number of aliphatic hydroxyl groups excluding tert-OH is 1. The summed E-state index contributed by atoms with van der Waals surface area (Å²) in [5.41, 5.74) is 2.24. The van der Waals surface area contributed by atoms with Crippen LogP contribution in [-0.2, 0) is 4.74 Å². The van der Waals surface area contributed by atoms with E-state index in [1.165, 1.54) is 13.8 Å². The first kappa shape index (κ1) is 14.5. The number of hydrogen-bond acceptors (Lipinski definition) is 6. The maximum absolute atomic E-state index is 13.5. The first-order valence-electron chi connectivity index (χ1n) is 5.85. The van der Waals surface area contributed by atoms with Crippen molar-refractivity contribution >= 4 is 5.82 Å². The first-order chi connectivity index (χ1) is 9.31. The average Bonchev–Trinajstić information content (AvgIpc) is 2.59. The third-order valence-electron chi connectivity index (χ3n) is 3.13. The molecule has 1 aliphatic heterocycles. The Labute approximate surface area is 113 Å². The number of hydrogen-bond donors (Lipinski definition) is 3. The number of nitrogens with zero attached hydrogens (tertiary/aromatic N) is 2. The van der Waals surface area contributed by atoms with Crippen molar-refractivity contribution in [3.63, 3.8) is 0 Å². The summed E-state index contributed by atoms with van der Waals surface area (Å²) in [5.74, 6) is 3.36. The van der Waals surface area contributed by atoms with Crippen LogP contribution in [0.5, 0.6) is 0 Å². The van der Waals surface area contributed by atoms with Crippen LogP contribution in [0.2, 0.25) is 0 Å². The molecule has 0 radical (unpaired) electrons. The largest absolute Gasteiger partial charge is 0.386 e. The normalized spacial score (nSPS) is 32.8. The summed E-state index contributed by atoms with van der Waals surface area (Å²) in [5, 5.41) is 20.4. The standard InChI is InChI=1S/C12H14FN3O4/c1-3-4-12(19)8(17)6(2)20-10(12)16-5-7(13)9(14)15-11(16)18/h5-6,8,10,17,19H,1-2H3,(H2,14,15,18). The van der Waals surface area contributed by atoms with Crippen molar-refractivity contribution in [2.24, 2.45) is 0 Å². The Balaban J connectivity index is 2.59. The summed E-state index contributed by atoms with van der Waals surface area (Å²) in [7, 11) is 0. The monoisotopic (exact) mass is 283 g/mol. The zero-order valence-electron chi connectivity index (χ0n) is 10.9. The second kappa shape index (κ2) is 4.86. The van der Waals surface area contributed by atoms with Crippen molar-refractivity contribution in [3.8, 4) is 11.8 Å². The molecule has 0 amide bonds. The van der Waals surface area contributed by atoms with E-state index in [9.17, 15) is 19.4 Å². The van der Waals surface area contributed by atoms with E-state index in [2.05, 4.69) is 16.8 Å². The Hall–Kier alpha value is -1.95. The molecule has 1 aliphatic rings. The lowest BCUT2D eigenvalue weighted by Crippen LogP contribution is -2.47. The molecular weight excluding hydrogens is 269 g/mol. The van der Waals surface area contributed by atoms with Gasteiger partial charge in [0.1, 0.15) is 6.10 Å². The van der Waals surface area contributed by atoms with Crippen LogP contribution < -0.4 is 11.4 Å². The molecule has 2 heterocycles. The van der Waals surface area contributed by atoms with Crippen LogP contribution in [0.15, 0.2) is 11.0 Å². The van der Waals surface area contributed by atoms with Gasteiger partial charge in [0.2, 0.25) is 0 Å². The molecule has 0 aliphatic carbocycles. The number of anilines is 1. The molecule has 8 heteroatoms. The van der Waals surface area contributed by atoms with E-state index in [4.69, 9.17) is 10.5 Å². The fourth-order valence-electron chi connectivity index (χ4n) is 2.12. The predicted molar refractivity (Wildman–Crippen MR) is 66.9 cm³/mol. The lowest BCUT2D eigenvalue weighted by Gasteiger charge is -2.26. The number of halogens is 1. The third-order valence-corrected chi connectivity index (χ3v) is 3.13. The summed E-state index contributed by atoms with van der Waals surface area (Å²) in [6.45, 7) is 2.95. The maximum atomic E-state index is 13.5. The molecule has 4 N–H and O–H groups in total. The molecule has 2 rings (SSSR count). The van der Waals surface area contributed by atoms with Crippen LogP contribution in [0, 0.1) is 17.7 Å². The number of ether oxygens (including phenoxy) is 1. The number of rotatable bonds is 1. The first-order valence-corrected chi connectivity index (χ1v) is 5.85. The van der Waals surface area contributed by atoms with Crippen molar-refractivity contribution in [2.75, 3.05) is 5.73 Å². The minimum Gasteiger partial charge on any atom is -0.386 e. The quantitative estimate of drug-likeness (QED) is 0.570. The lowest BCUT2D eigenvalue weighted by molar-refractivity contribution is -0.0718. The fourth-order valence-corrected chi connectivity index (χ4v) is 2.12. The summed E-state index contributed by atoms with van der Waals surface area (Å²) >= 11 is 0. The highest BCUT2D eigenvalue weighted by Gasteiger charge is 2.54. The van der Waals surface area contributed by atoms with Gasteiger partial charge in [0.15, 0.2) is 23.5 Å². The van der Waals surface area contributed by atoms with E-state index in [1.54, 1.807) is 0 Å². The Morgan fingerprint density at radius 1 is 1.65 bits per heavy atom. The lowest BCUT2D eigenvalue weighted by atomic mass is 9.95. The molecule has 20 heavy (non-hydrogen) atoms. The SMILES string of the molecule is CC#CC1(O)C(O)C(C)OC1n1cc(F)c(N)nc1=O. The zero-order valence-corrected chi connectivity index (χ0v) is 10.9. The van der Waals surface area contributed by atoms with Gasteiger partial charge in [-0.3, -0.25) is 4.57 Å². The minimum atomic E-state index is -2.04. The van der Waals surface area contributed by atoms with Gasteiger partial charge in [-0.15, -0.1) is 5.92 Å². The highest BCUT2D eigenvalue weighted by atomic mass is 19.1. The van der Waals surface area contributed by atoms with Gasteiger partial charge in [0.05, 0.1) is 12.3 Å². The second-order valence-corrected chi connectivity index (χ2v) is 4.50. The van der Waals surface area contributed by atoms with Crippen molar-refractivity contribution < 1.29 is 19.3 Å². The second-order valence-electron chi connectivity index (χ2n) is 4.50. The van der Waals surface area contributed by atoms with Gasteiger partial charge in [-0.25, -0.2) is 9.18 Å². The number of nitrogen functional groups attached to an aromatic ring is 1. The van der Waals surface area contributed by atoms with Crippen LogP contribution in [0.1, 0.15) is 20.1 Å². The van der Waals surface area contributed by atoms with Crippen molar-refractivity contribution in [3.05, 3.63) is 22.5 Å². The number of aromatic nitrogens is 2. The molecular formula is C12H14FN3O4. The molecule has 4 atom stereocenters. The average molecular weight is 283 g/mol. The van der Waals surface area contributed by atoms with Gasteiger partial charge in [-0.1, -0.05) is 5.92 Å². The van der Waals surface area contributed by atoms with Crippen LogP contribution in [0.25, 0.3) is 0 Å². The van der Waals surface area contributed by atoms with E-state index in [1.807, 2.05) is 0 Å². The van der Waals surface area contributed by atoms with Crippen LogP contribution in [-0.4, -0.2) is 37.6 Å². The maximum Gasteiger partial charge on any atom is 0.351 e. The van der Waals surface area contributed by atoms with E-state index in [0.29, 0.717) is 0 Å². The molecule has 0 aromatic carbocycles. The van der Waals surface area contributed by atoms with Gasteiger partial charge in [-0.2, -0.15) is 4.98 Å². The van der Waals surface area contributed by atoms with Crippen molar-refractivity contribution in [1.82, 2.24) is 9.55 Å². The molecule has 4 unspecified atom stereocenters. The topological polar surface area (TPSA) is 111 Å². The molecule has 108 valence electrons. The summed E-state index contributed by atoms with van der Waals surface area (Å²) in [4.78, 5) is 15.1. The van der Waals surface area contributed by atoms with Crippen molar-refractivity contribution in [1.29, 1.82) is 0 Å². The molecule has 0 bridgehead atoms. The van der Waals surface area contributed by atoms with E-state index < -0.39 is 41.4 Å². The number of nitrogens with two attached hydrogens (primary N) is 1. The van der Waals surface area contributed by atoms with Crippen LogP contribution >= 0.6 is 0 Å². The van der Waals surface area contributed by atoms with Gasteiger partial charge in [0, 0.05) is 0 Å². The van der Waals surface area contributed by atoms with E-state index in [-0.39, 0.29) is 0 Å². The van der Waals surface area contributed by atoms with Gasteiger partial charge >= 0.3 is 5.69 Å². The highest BCUT2D eigenvalue weighted by Crippen LogP contribution is 2.37. The smallest absolute Gasteiger partial charge is 0.351 e. The summed E-state index contributed by atoms with van der Waals surface area (Å²) < 4.78 is 19.5. The summed E-state index contributed by atoms with van der Waals surface area (Å²) in [6.07, 6.45) is -2.76. The van der Waals surface area contributed by atoms with Crippen LogP contribution in [0.3, 0.4) is 0 Å². The molecule has 1 aromatic heterocycles. The van der Waals surface area contributed by atoms with Gasteiger partial charge in [0.25, 0.3) is 0 Å². The Morgan fingerprint density at radius 2 is 2.30 bits per heavy atom. The molecule has 1 fully saturated rings. The van der Waals surface area contributed by atoms with E-state index in [0.717, 1.165) is 10.8 Å². The zero-order chi connectivity index (χ0) is 15.1. The number of aliphatic hydroxyl groups is 2. The molecule has 1 aromatic rings. The van der Waals surface area contributed by atoms with Gasteiger partial charge < -0.3 is 20.7 Å². The Kier molecular flexibility index (Phi) is 3.52. The van der Waals surface area contributed by atoms with Crippen LogP contribution in [0.4, 0.5) is 10.2 Å². The minimum absolute atomic E-state index is 0.553. The van der Waals surface area contributed by atoms with Gasteiger partial charge in [-0.05, 0) is 13.8 Å². The molecule has 0 saturated carbocycles. The molecule has 0 spiro atoms. The molecule has 7 nitrogen and oxygen atoms in total. The molecule has 1 saturated heterocycles. The van der Waals surface area contributed by atoms with E-state index >= 15 is 0 Å². The highest BCUT2D eigenvalue weighted by molar-refractivity contribution is 5.28. The fraction of sp³-hybridized carbons (Fsp3) is 0.500. The third kappa shape index (κ3) is 2.06.